The van der Waals surface area contributed by atoms with Crippen molar-refractivity contribution in [1.29, 1.82) is 0 Å². The first-order valence-electron chi connectivity index (χ1n) is 6.70. The summed E-state index contributed by atoms with van der Waals surface area (Å²) >= 11 is 0. The number of hydrazine groups is 1. The van der Waals surface area contributed by atoms with E-state index in [0.717, 1.165) is 11.3 Å². The van der Waals surface area contributed by atoms with E-state index < -0.39 is 0 Å². The third-order valence-corrected chi connectivity index (χ3v) is 2.85. The van der Waals surface area contributed by atoms with Crippen molar-refractivity contribution in [2.45, 2.75) is 26.9 Å². The molecule has 1 aromatic carbocycles. The largest absolute Gasteiger partial charge is 0.461 e. The van der Waals surface area contributed by atoms with E-state index in [2.05, 4.69) is 20.4 Å². The van der Waals surface area contributed by atoms with Crippen LogP contribution in [0, 0.1) is 6.92 Å². The summed E-state index contributed by atoms with van der Waals surface area (Å²) in [7, 11) is 1.89. The predicted molar refractivity (Wildman–Crippen MR) is 82.6 cm³/mol. The Bertz CT molecular complexity index is 616. The summed E-state index contributed by atoms with van der Waals surface area (Å²) in [5, 5.41) is 0. The molecular formula is C14H20N6O. The van der Waals surface area contributed by atoms with Crippen LogP contribution in [0.2, 0.25) is 0 Å². The molecule has 0 amide bonds. The van der Waals surface area contributed by atoms with Crippen molar-refractivity contribution >= 4 is 17.6 Å². The van der Waals surface area contributed by atoms with Crippen LogP contribution in [0.3, 0.4) is 0 Å². The Morgan fingerprint density at radius 3 is 2.52 bits per heavy atom. The van der Waals surface area contributed by atoms with Crippen molar-refractivity contribution in [3.05, 3.63) is 29.8 Å². The second kappa shape index (κ2) is 6.36. The number of nitrogens with zero attached hydrogens (tertiary/aromatic N) is 4. The quantitative estimate of drug-likeness (QED) is 0.642. The van der Waals surface area contributed by atoms with Crippen molar-refractivity contribution in [1.82, 2.24) is 15.0 Å². The van der Waals surface area contributed by atoms with E-state index in [4.69, 9.17) is 10.6 Å². The summed E-state index contributed by atoms with van der Waals surface area (Å²) in [6.07, 6.45) is -0.0327. The zero-order chi connectivity index (χ0) is 15.4. The first kappa shape index (κ1) is 15.0. The fourth-order valence-electron chi connectivity index (χ4n) is 1.87. The van der Waals surface area contributed by atoms with Crippen LogP contribution in [0.1, 0.15) is 19.4 Å². The average molecular weight is 288 g/mol. The number of nitrogens with two attached hydrogens (primary N) is 1. The maximum Gasteiger partial charge on any atom is 0.323 e. The van der Waals surface area contributed by atoms with Crippen molar-refractivity contribution in [2.24, 2.45) is 5.84 Å². The minimum absolute atomic E-state index is 0.0327. The van der Waals surface area contributed by atoms with E-state index in [1.807, 2.05) is 57.0 Å². The molecule has 1 heterocycles. The first-order chi connectivity index (χ1) is 10.0. The number of anilines is 3. The topological polar surface area (TPSA) is 89.2 Å². The normalized spacial score (nSPS) is 10.6. The molecule has 112 valence electrons. The molecule has 0 spiro atoms. The Morgan fingerprint density at radius 1 is 1.19 bits per heavy atom. The molecule has 2 aromatic rings. The number of hydrogen-bond acceptors (Lipinski definition) is 7. The molecule has 7 heteroatoms. The van der Waals surface area contributed by atoms with Gasteiger partial charge in [0.15, 0.2) is 0 Å². The van der Waals surface area contributed by atoms with Crippen LogP contribution in [-0.2, 0) is 0 Å². The Morgan fingerprint density at radius 2 is 1.90 bits per heavy atom. The number of para-hydroxylation sites is 1. The molecule has 0 aliphatic rings. The standard InChI is InChI=1S/C14H20N6O/c1-9(2)21-14-17-12(19-15)16-13(18-14)20(4)11-8-6-5-7-10(11)3/h5-9H,15H2,1-4H3,(H,16,17,18,19). The van der Waals surface area contributed by atoms with Gasteiger partial charge in [-0.2, -0.15) is 15.0 Å². The SMILES string of the molecule is Cc1ccccc1N(C)c1nc(NN)nc(OC(C)C)n1. The van der Waals surface area contributed by atoms with Gasteiger partial charge in [0.1, 0.15) is 0 Å². The highest BCUT2D eigenvalue weighted by molar-refractivity contribution is 5.61. The lowest BCUT2D eigenvalue weighted by molar-refractivity contribution is 0.222. The third kappa shape index (κ3) is 3.57. The molecule has 2 rings (SSSR count). The molecule has 3 N–H and O–H groups in total. The van der Waals surface area contributed by atoms with Crippen LogP contribution in [0.25, 0.3) is 0 Å². The van der Waals surface area contributed by atoms with Gasteiger partial charge in [-0.15, -0.1) is 0 Å². The zero-order valence-corrected chi connectivity index (χ0v) is 12.7. The summed E-state index contributed by atoms with van der Waals surface area (Å²) < 4.78 is 5.53. The highest BCUT2D eigenvalue weighted by Crippen LogP contribution is 2.25. The Kier molecular flexibility index (Phi) is 4.54. The molecule has 0 saturated heterocycles. The molecule has 0 atom stereocenters. The number of aromatic nitrogens is 3. The lowest BCUT2D eigenvalue weighted by Gasteiger charge is -2.20. The first-order valence-corrected chi connectivity index (χ1v) is 6.70. The molecule has 0 unspecified atom stereocenters. The van der Waals surface area contributed by atoms with Crippen LogP contribution >= 0.6 is 0 Å². The van der Waals surface area contributed by atoms with Crippen molar-refractivity contribution in [3.8, 4) is 6.01 Å². The highest BCUT2D eigenvalue weighted by atomic mass is 16.5. The Labute approximate surface area is 124 Å². The minimum Gasteiger partial charge on any atom is -0.461 e. The fraction of sp³-hybridized carbons (Fsp3) is 0.357. The number of ether oxygens (including phenoxy) is 1. The smallest absolute Gasteiger partial charge is 0.323 e. The summed E-state index contributed by atoms with van der Waals surface area (Å²) in [5.41, 5.74) is 4.55. The van der Waals surface area contributed by atoms with Gasteiger partial charge in [0.05, 0.1) is 6.10 Å². The number of rotatable bonds is 5. The second-order valence-corrected chi connectivity index (χ2v) is 4.90. The van der Waals surface area contributed by atoms with Crippen LogP contribution in [0.4, 0.5) is 17.6 Å². The molecule has 0 radical (unpaired) electrons. The molecule has 0 saturated carbocycles. The van der Waals surface area contributed by atoms with Gasteiger partial charge >= 0.3 is 6.01 Å². The maximum absolute atomic E-state index is 5.53. The van der Waals surface area contributed by atoms with Gasteiger partial charge in [-0.25, -0.2) is 5.84 Å². The number of nitrogen functional groups attached to an aromatic ring is 1. The van der Waals surface area contributed by atoms with Gasteiger partial charge in [-0.3, -0.25) is 5.43 Å². The van der Waals surface area contributed by atoms with E-state index in [-0.39, 0.29) is 18.1 Å². The van der Waals surface area contributed by atoms with Gasteiger partial charge < -0.3 is 9.64 Å². The molecule has 7 nitrogen and oxygen atoms in total. The number of benzene rings is 1. The Hall–Kier alpha value is -2.41. The van der Waals surface area contributed by atoms with E-state index in [0.29, 0.717) is 5.95 Å². The van der Waals surface area contributed by atoms with Gasteiger partial charge in [0.25, 0.3) is 0 Å². The predicted octanol–water partition coefficient (Wildman–Crippen LogP) is 2.02. The average Bonchev–Trinajstić information content (AvgIpc) is 2.46. The minimum atomic E-state index is -0.0327. The lowest BCUT2D eigenvalue weighted by atomic mass is 10.2. The molecule has 0 aliphatic carbocycles. The fourth-order valence-corrected chi connectivity index (χ4v) is 1.87. The highest BCUT2D eigenvalue weighted by Gasteiger charge is 2.14. The van der Waals surface area contributed by atoms with Crippen LogP contribution in [0.5, 0.6) is 6.01 Å². The van der Waals surface area contributed by atoms with E-state index >= 15 is 0 Å². The summed E-state index contributed by atoms with van der Waals surface area (Å²) in [4.78, 5) is 14.5. The monoisotopic (exact) mass is 288 g/mol. The maximum atomic E-state index is 5.53. The van der Waals surface area contributed by atoms with Gasteiger partial charge in [-0.1, -0.05) is 18.2 Å². The van der Waals surface area contributed by atoms with Gasteiger partial charge in [0, 0.05) is 12.7 Å². The number of hydrogen-bond donors (Lipinski definition) is 2. The van der Waals surface area contributed by atoms with E-state index in [9.17, 15) is 0 Å². The molecule has 0 fully saturated rings. The summed E-state index contributed by atoms with van der Waals surface area (Å²) in [6.45, 7) is 5.84. The van der Waals surface area contributed by atoms with E-state index in [1.54, 1.807) is 0 Å². The third-order valence-electron chi connectivity index (χ3n) is 2.85. The molecule has 21 heavy (non-hydrogen) atoms. The van der Waals surface area contributed by atoms with Crippen LogP contribution < -0.4 is 20.9 Å². The molecular weight excluding hydrogens is 268 g/mol. The second-order valence-electron chi connectivity index (χ2n) is 4.90. The molecule has 0 bridgehead atoms. The summed E-state index contributed by atoms with van der Waals surface area (Å²) in [5.74, 6) is 6.13. The molecule has 0 aliphatic heterocycles. The Balaban J connectivity index is 2.40. The van der Waals surface area contributed by atoms with Crippen LogP contribution in [0.15, 0.2) is 24.3 Å². The van der Waals surface area contributed by atoms with Crippen molar-refractivity contribution < 1.29 is 4.74 Å². The summed E-state index contributed by atoms with van der Waals surface area (Å²) in [6, 6.07) is 8.22. The van der Waals surface area contributed by atoms with Crippen molar-refractivity contribution in [3.63, 3.8) is 0 Å². The lowest BCUT2D eigenvalue weighted by Crippen LogP contribution is -2.19. The van der Waals surface area contributed by atoms with Crippen LogP contribution in [-0.4, -0.2) is 28.1 Å². The zero-order valence-electron chi connectivity index (χ0n) is 12.7. The van der Waals surface area contributed by atoms with E-state index in [1.165, 1.54) is 0 Å². The van der Waals surface area contributed by atoms with Gasteiger partial charge in [-0.05, 0) is 32.4 Å². The van der Waals surface area contributed by atoms with Gasteiger partial charge in [0.2, 0.25) is 11.9 Å². The number of nitrogens with one attached hydrogen (secondary N) is 1. The van der Waals surface area contributed by atoms with Crippen molar-refractivity contribution in [2.75, 3.05) is 17.4 Å². The number of aryl methyl sites for hydroxylation is 1. The molecule has 1 aromatic heterocycles.